The molecule has 1 heterocycles. The van der Waals surface area contributed by atoms with Crippen molar-refractivity contribution in [1.29, 1.82) is 0 Å². The number of hydrogen-bond acceptors (Lipinski definition) is 2. The summed E-state index contributed by atoms with van der Waals surface area (Å²) in [4.78, 5) is 12.8. The zero-order valence-electron chi connectivity index (χ0n) is 7.84. The van der Waals surface area contributed by atoms with Crippen LogP contribution in [0.4, 0.5) is 0 Å². The van der Waals surface area contributed by atoms with Crippen LogP contribution in [0.1, 0.15) is 15.2 Å². The van der Waals surface area contributed by atoms with E-state index < -0.39 is 0 Å². The van der Waals surface area contributed by atoms with Crippen LogP contribution in [0.2, 0.25) is 5.02 Å². The molecule has 0 unspecified atom stereocenters. The van der Waals surface area contributed by atoms with Gasteiger partial charge in [-0.3, -0.25) is 4.79 Å². The summed E-state index contributed by atoms with van der Waals surface area (Å²) in [6.07, 6.45) is 0. The second-order valence-corrected chi connectivity index (χ2v) is 6.14. The largest absolute Gasteiger partial charge is 0.288 e. The summed E-state index contributed by atoms with van der Waals surface area (Å²) in [6, 6.07) is 7.10. The lowest BCUT2D eigenvalue weighted by Gasteiger charge is -2.02. The minimum Gasteiger partial charge on any atom is -0.288 e. The molecule has 0 bridgehead atoms. The fourth-order valence-electron chi connectivity index (χ4n) is 1.25. The fraction of sp³-hybridized carbons (Fsp3) is 0. The Morgan fingerprint density at radius 2 is 2.00 bits per heavy atom. The Morgan fingerprint density at radius 1 is 1.25 bits per heavy atom. The molecule has 0 aliphatic carbocycles. The van der Waals surface area contributed by atoms with Crippen molar-refractivity contribution in [3.63, 3.8) is 0 Å². The van der Waals surface area contributed by atoms with Crippen molar-refractivity contribution in [2.24, 2.45) is 0 Å². The number of hydrogen-bond donors (Lipinski definition) is 0. The number of carbonyl (C=O) groups is 1. The molecule has 1 aromatic heterocycles. The third-order valence-electron chi connectivity index (χ3n) is 2.00. The highest BCUT2D eigenvalue weighted by Gasteiger charge is 2.16. The molecule has 0 aliphatic rings. The van der Waals surface area contributed by atoms with E-state index in [1.54, 1.807) is 18.2 Å². The molecule has 2 rings (SSSR count). The number of thiophene rings is 1. The molecule has 5 heteroatoms. The van der Waals surface area contributed by atoms with Gasteiger partial charge in [-0.25, -0.2) is 0 Å². The minimum atomic E-state index is -0.0561. The second kappa shape index (κ2) is 5.00. The van der Waals surface area contributed by atoms with E-state index in [9.17, 15) is 4.79 Å². The molecule has 0 spiro atoms. The molecule has 2 aromatic rings. The lowest BCUT2D eigenvalue weighted by atomic mass is 10.1. The Balaban J connectivity index is 2.46. The number of carbonyl (C=O) groups excluding carboxylic acids is 1. The van der Waals surface area contributed by atoms with Gasteiger partial charge in [0.15, 0.2) is 0 Å². The van der Waals surface area contributed by atoms with Crippen LogP contribution in [0.25, 0.3) is 0 Å². The first-order valence-corrected chi connectivity index (χ1v) is 7.16. The molecule has 0 aliphatic heterocycles. The van der Waals surface area contributed by atoms with Crippen molar-refractivity contribution >= 4 is 60.6 Å². The fourth-order valence-corrected chi connectivity index (χ4v) is 3.52. The van der Waals surface area contributed by atoms with E-state index in [0.29, 0.717) is 15.5 Å². The summed E-state index contributed by atoms with van der Waals surface area (Å²) in [5.74, 6) is -0.0561. The average Bonchev–Trinajstić information content (AvgIpc) is 2.63. The number of rotatable bonds is 2. The van der Waals surface area contributed by atoms with Crippen LogP contribution < -0.4 is 0 Å². The van der Waals surface area contributed by atoms with Gasteiger partial charge < -0.3 is 0 Å². The second-order valence-electron chi connectivity index (χ2n) is 3.05. The molecule has 0 saturated heterocycles. The van der Waals surface area contributed by atoms with E-state index >= 15 is 0 Å². The number of ketones is 1. The van der Waals surface area contributed by atoms with E-state index in [1.165, 1.54) is 11.3 Å². The van der Waals surface area contributed by atoms with Crippen molar-refractivity contribution in [2.45, 2.75) is 0 Å². The van der Waals surface area contributed by atoms with Crippen LogP contribution in [-0.2, 0) is 0 Å². The lowest BCUT2D eigenvalue weighted by Crippen LogP contribution is -2.00. The molecule has 1 nitrogen and oxygen atoms in total. The third kappa shape index (κ3) is 2.40. The maximum Gasteiger partial charge on any atom is 0.205 e. The molecule has 16 heavy (non-hydrogen) atoms. The minimum absolute atomic E-state index is 0.0561. The monoisotopic (exact) mass is 378 g/mol. The zero-order chi connectivity index (χ0) is 11.7. The van der Waals surface area contributed by atoms with Crippen molar-refractivity contribution in [3.8, 4) is 0 Å². The zero-order valence-corrected chi connectivity index (χ0v) is 12.6. The normalized spacial score (nSPS) is 10.4. The molecular weight excluding hydrogens is 375 g/mol. The smallest absolute Gasteiger partial charge is 0.205 e. The van der Waals surface area contributed by atoms with E-state index in [4.69, 9.17) is 11.6 Å². The van der Waals surface area contributed by atoms with Crippen molar-refractivity contribution in [3.05, 3.63) is 54.1 Å². The van der Waals surface area contributed by atoms with Gasteiger partial charge in [0.05, 0.1) is 9.90 Å². The summed E-state index contributed by atoms with van der Waals surface area (Å²) < 4.78 is 1.67. The summed E-state index contributed by atoms with van der Waals surface area (Å²) in [5, 5.41) is 2.32. The summed E-state index contributed by atoms with van der Waals surface area (Å²) in [7, 11) is 0. The van der Waals surface area contributed by atoms with Gasteiger partial charge >= 0.3 is 0 Å². The van der Waals surface area contributed by atoms with Gasteiger partial charge in [-0.05, 0) is 45.6 Å². The first kappa shape index (κ1) is 12.3. The molecule has 0 fully saturated rings. The molecule has 0 N–H and O–H groups in total. The van der Waals surface area contributed by atoms with Crippen molar-refractivity contribution in [2.75, 3.05) is 0 Å². The van der Waals surface area contributed by atoms with Crippen LogP contribution in [0, 0.1) is 0 Å². The summed E-state index contributed by atoms with van der Waals surface area (Å²) in [5.41, 5.74) is 0.521. The average molecular weight is 380 g/mol. The topological polar surface area (TPSA) is 17.1 Å². The van der Waals surface area contributed by atoms with Crippen molar-refractivity contribution < 1.29 is 4.79 Å². The van der Waals surface area contributed by atoms with Gasteiger partial charge in [-0.15, -0.1) is 11.3 Å². The predicted molar refractivity (Wildman–Crippen MR) is 74.6 cm³/mol. The van der Waals surface area contributed by atoms with E-state index in [-0.39, 0.29) is 5.78 Å². The van der Waals surface area contributed by atoms with Crippen molar-refractivity contribution in [1.82, 2.24) is 0 Å². The Bertz CT molecular complexity index is 551. The van der Waals surface area contributed by atoms with E-state index in [0.717, 1.165) is 8.95 Å². The maximum atomic E-state index is 12.1. The maximum absolute atomic E-state index is 12.1. The highest BCUT2D eigenvalue weighted by molar-refractivity contribution is 9.10. The Hall–Kier alpha value is -0.160. The molecule has 0 amide bonds. The predicted octanol–water partition coefficient (Wildman–Crippen LogP) is 5.16. The SMILES string of the molecule is O=C(c1ccc(Br)cc1Cl)c1sccc1Br. The summed E-state index contributed by atoms with van der Waals surface area (Å²) in [6.45, 7) is 0. The van der Waals surface area contributed by atoms with Crippen LogP contribution in [0.5, 0.6) is 0 Å². The van der Waals surface area contributed by atoms with Gasteiger partial charge in [0.1, 0.15) is 0 Å². The first-order chi connectivity index (χ1) is 7.59. The third-order valence-corrected chi connectivity index (χ3v) is 4.64. The molecular formula is C11H5Br2ClOS. The molecule has 0 saturated carbocycles. The Labute approximate surface area is 119 Å². The first-order valence-electron chi connectivity index (χ1n) is 4.32. The standard InChI is InChI=1S/C11H5Br2ClOS/c12-6-1-2-7(9(14)5-6)10(15)11-8(13)3-4-16-11/h1-5H. The van der Waals surface area contributed by atoms with Crippen LogP contribution >= 0.6 is 54.8 Å². The molecule has 0 atom stereocenters. The van der Waals surface area contributed by atoms with E-state index in [1.807, 2.05) is 11.4 Å². The molecule has 0 radical (unpaired) electrons. The lowest BCUT2D eigenvalue weighted by molar-refractivity contribution is 0.104. The Morgan fingerprint density at radius 3 is 2.56 bits per heavy atom. The highest BCUT2D eigenvalue weighted by atomic mass is 79.9. The quantitative estimate of drug-likeness (QED) is 0.658. The van der Waals surface area contributed by atoms with Gasteiger partial charge in [-0.1, -0.05) is 27.5 Å². The van der Waals surface area contributed by atoms with Crippen LogP contribution in [0.3, 0.4) is 0 Å². The summed E-state index contributed by atoms with van der Waals surface area (Å²) >= 11 is 14.1. The van der Waals surface area contributed by atoms with Gasteiger partial charge in [-0.2, -0.15) is 0 Å². The van der Waals surface area contributed by atoms with Gasteiger partial charge in [0, 0.05) is 14.5 Å². The highest BCUT2D eigenvalue weighted by Crippen LogP contribution is 2.29. The molecule has 1 aromatic carbocycles. The Kier molecular flexibility index (Phi) is 3.85. The van der Waals surface area contributed by atoms with E-state index in [2.05, 4.69) is 31.9 Å². The number of benzene rings is 1. The van der Waals surface area contributed by atoms with Gasteiger partial charge in [0.2, 0.25) is 5.78 Å². The molecule has 82 valence electrons. The van der Waals surface area contributed by atoms with Crippen LogP contribution in [0.15, 0.2) is 38.6 Å². The van der Waals surface area contributed by atoms with Crippen LogP contribution in [-0.4, -0.2) is 5.78 Å². The number of halogens is 3. The van der Waals surface area contributed by atoms with Gasteiger partial charge in [0.25, 0.3) is 0 Å².